The molecule has 0 fully saturated rings. The fraction of sp³-hybridized carbons (Fsp3) is 0.765. The maximum absolute atomic E-state index is 12.1. The number of rotatable bonds is 10. The Morgan fingerprint density at radius 3 is 2.48 bits per heavy atom. The van der Waals surface area contributed by atoms with E-state index in [9.17, 15) is 4.79 Å². The van der Waals surface area contributed by atoms with Gasteiger partial charge in [0, 0.05) is 23.4 Å². The standard InChI is InChI=1S/C17H30N2OS/c1-5-7-9-10-12-21-13-16-14(3)18-19(15(16)4)17(20)11-8-6-2/h5-13H2,1-4H3. The summed E-state index contributed by atoms with van der Waals surface area (Å²) in [5.41, 5.74) is 3.30. The molecule has 0 atom stereocenters. The van der Waals surface area contributed by atoms with Crippen molar-refractivity contribution in [2.45, 2.75) is 78.4 Å². The van der Waals surface area contributed by atoms with E-state index in [4.69, 9.17) is 0 Å². The van der Waals surface area contributed by atoms with Gasteiger partial charge in [-0.15, -0.1) is 0 Å². The number of hydrogen-bond acceptors (Lipinski definition) is 3. The summed E-state index contributed by atoms with van der Waals surface area (Å²) >= 11 is 1.96. The molecule has 3 nitrogen and oxygen atoms in total. The smallest absolute Gasteiger partial charge is 0.247 e. The molecule has 1 rings (SSSR count). The van der Waals surface area contributed by atoms with Gasteiger partial charge in [0.2, 0.25) is 5.91 Å². The number of carbonyl (C=O) groups is 1. The van der Waals surface area contributed by atoms with Gasteiger partial charge < -0.3 is 0 Å². The summed E-state index contributed by atoms with van der Waals surface area (Å²) in [4.78, 5) is 12.1. The number of thioether (sulfide) groups is 1. The third-order valence-electron chi connectivity index (χ3n) is 3.81. The number of hydrogen-bond donors (Lipinski definition) is 0. The lowest BCUT2D eigenvalue weighted by Gasteiger charge is -2.04. The third-order valence-corrected chi connectivity index (χ3v) is 4.88. The molecular weight excluding hydrogens is 280 g/mol. The molecule has 0 aromatic carbocycles. The van der Waals surface area contributed by atoms with Crippen LogP contribution in [-0.4, -0.2) is 21.4 Å². The zero-order valence-corrected chi connectivity index (χ0v) is 14.9. The summed E-state index contributed by atoms with van der Waals surface area (Å²) in [7, 11) is 0. The molecule has 0 aliphatic heterocycles. The van der Waals surface area contributed by atoms with E-state index in [-0.39, 0.29) is 5.91 Å². The normalized spacial score (nSPS) is 11.0. The Hall–Kier alpha value is -0.770. The van der Waals surface area contributed by atoms with E-state index in [0.717, 1.165) is 30.0 Å². The van der Waals surface area contributed by atoms with Crippen molar-refractivity contribution < 1.29 is 4.79 Å². The van der Waals surface area contributed by atoms with Crippen LogP contribution in [0.1, 0.15) is 80.5 Å². The van der Waals surface area contributed by atoms with Crippen LogP contribution in [0.3, 0.4) is 0 Å². The highest BCUT2D eigenvalue weighted by Crippen LogP contribution is 2.21. The zero-order chi connectivity index (χ0) is 15.7. The van der Waals surface area contributed by atoms with Crippen LogP contribution in [0.2, 0.25) is 0 Å². The van der Waals surface area contributed by atoms with Gasteiger partial charge in [-0.3, -0.25) is 4.79 Å². The number of unbranched alkanes of at least 4 members (excludes halogenated alkanes) is 4. The second-order valence-electron chi connectivity index (χ2n) is 5.67. The number of aryl methyl sites for hydroxylation is 1. The first-order valence-corrected chi connectivity index (χ1v) is 9.43. The topological polar surface area (TPSA) is 34.9 Å². The van der Waals surface area contributed by atoms with Gasteiger partial charge in [0.15, 0.2) is 0 Å². The first-order chi connectivity index (χ1) is 10.1. The Bertz CT molecular complexity index is 440. The summed E-state index contributed by atoms with van der Waals surface area (Å²) < 4.78 is 1.62. The van der Waals surface area contributed by atoms with Crippen molar-refractivity contribution >= 4 is 17.7 Å². The molecule has 120 valence electrons. The molecule has 0 aliphatic rings. The van der Waals surface area contributed by atoms with Gasteiger partial charge in [-0.25, -0.2) is 4.68 Å². The Kier molecular flexibility index (Phi) is 8.74. The summed E-state index contributed by atoms with van der Waals surface area (Å²) in [5.74, 6) is 2.32. The predicted molar refractivity (Wildman–Crippen MR) is 92.2 cm³/mol. The number of carbonyl (C=O) groups excluding carboxylic acids is 1. The van der Waals surface area contributed by atoms with Crippen LogP contribution >= 0.6 is 11.8 Å². The van der Waals surface area contributed by atoms with Crippen LogP contribution in [0.15, 0.2) is 0 Å². The highest BCUT2D eigenvalue weighted by Gasteiger charge is 2.15. The molecule has 1 aromatic heterocycles. The highest BCUT2D eigenvalue weighted by atomic mass is 32.2. The first kappa shape index (κ1) is 18.3. The Labute approximate surface area is 133 Å². The molecule has 0 N–H and O–H groups in total. The fourth-order valence-corrected chi connectivity index (χ4v) is 3.54. The lowest BCUT2D eigenvalue weighted by Crippen LogP contribution is -2.13. The van der Waals surface area contributed by atoms with Gasteiger partial charge in [0.25, 0.3) is 0 Å². The molecule has 0 aliphatic carbocycles. The van der Waals surface area contributed by atoms with Gasteiger partial charge in [-0.05, 0) is 32.4 Å². The molecule has 1 aromatic rings. The van der Waals surface area contributed by atoms with Crippen molar-refractivity contribution in [2.24, 2.45) is 0 Å². The molecule has 0 bridgehead atoms. The lowest BCUT2D eigenvalue weighted by atomic mass is 10.2. The van der Waals surface area contributed by atoms with Crippen molar-refractivity contribution in [3.63, 3.8) is 0 Å². The van der Waals surface area contributed by atoms with E-state index in [0.29, 0.717) is 6.42 Å². The quantitative estimate of drug-likeness (QED) is 0.561. The van der Waals surface area contributed by atoms with Gasteiger partial charge in [0.1, 0.15) is 0 Å². The first-order valence-electron chi connectivity index (χ1n) is 8.27. The van der Waals surface area contributed by atoms with Crippen LogP contribution in [0.4, 0.5) is 0 Å². The van der Waals surface area contributed by atoms with Gasteiger partial charge in [-0.1, -0.05) is 39.5 Å². The minimum absolute atomic E-state index is 0.136. The second kappa shape index (κ2) is 10.0. The molecule has 0 saturated heterocycles. The van der Waals surface area contributed by atoms with E-state index >= 15 is 0 Å². The van der Waals surface area contributed by atoms with E-state index in [2.05, 4.69) is 18.9 Å². The monoisotopic (exact) mass is 310 g/mol. The molecule has 0 radical (unpaired) electrons. The van der Waals surface area contributed by atoms with Crippen molar-refractivity contribution in [3.05, 3.63) is 17.0 Å². The van der Waals surface area contributed by atoms with E-state index < -0.39 is 0 Å². The van der Waals surface area contributed by atoms with Crippen molar-refractivity contribution in [2.75, 3.05) is 5.75 Å². The molecule has 0 amide bonds. The van der Waals surface area contributed by atoms with E-state index in [1.807, 2.05) is 25.6 Å². The Balaban J connectivity index is 2.51. The summed E-state index contributed by atoms with van der Waals surface area (Å²) in [5, 5.41) is 4.45. The van der Waals surface area contributed by atoms with Crippen molar-refractivity contribution in [1.29, 1.82) is 0 Å². The maximum Gasteiger partial charge on any atom is 0.247 e. The van der Waals surface area contributed by atoms with Crippen LogP contribution in [-0.2, 0) is 5.75 Å². The molecule has 0 spiro atoms. The molecule has 0 saturated carbocycles. The van der Waals surface area contributed by atoms with Crippen LogP contribution in [0, 0.1) is 13.8 Å². The maximum atomic E-state index is 12.1. The number of nitrogens with zero attached hydrogens (tertiary/aromatic N) is 2. The zero-order valence-electron chi connectivity index (χ0n) is 14.1. The highest BCUT2D eigenvalue weighted by molar-refractivity contribution is 7.98. The predicted octanol–water partition coefficient (Wildman–Crippen LogP) is 5.14. The molecule has 0 unspecified atom stereocenters. The molecule has 1 heterocycles. The molecular formula is C17H30N2OS. The summed E-state index contributed by atoms with van der Waals surface area (Å²) in [6.07, 6.45) is 7.83. The van der Waals surface area contributed by atoms with Crippen LogP contribution in [0.25, 0.3) is 0 Å². The lowest BCUT2D eigenvalue weighted by molar-refractivity contribution is 0.0881. The third kappa shape index (κ3) is 5.85. The average molecular weight is 311 g/mol. The minimum atomic E-state index is 0.136. The van der Waals surface area contributed by atoms with Crippen molar-refractivity contribution in [1.82, 2.24) is 9.78 Å². The van der Waals surface area contributed by atoms with E-state index in [1.165, 1.54) is 37.0 Å². The SMILES string of the molecule is CCCCCCSCc1c(C)nn(C(=O)CCCC)c1C. The van der Waals surface area contributed by atoms with Crippen molar-refractivity contribution in [3.8, 4) is 0 Å². The molecule has 21 heavy (non-hydrogen) atoms. The Morgan fingerprint density at radius 2 is 1.81 bits per heavy atom. The minimum Gasteiger partial charge on any atom is -0.273 e. The van der Waals surface area contributed by atoms with Gasteiger partial charge >= 0.3 is 0 Å². The van der Waals surface area contributed by atoms with Gasteiger partial charge in [-0.2, -0.15) is 16.9 Å². The summed E-state index contributed by atoms with van der Waals surface area (Å²) in [6, 6.07) is 0. The van der Waals surface area contributed by atoms with Crippen LogP contribution in [0.5, 0.6) is 0 Å². The fourth-order valence-electron chi connectivity index (χ4n) is 2.37. The second-order valence-corrected chi connectivity index (χ2v) is 6.78. The molecule has 4 heteroatoms. The summed E-state index contributed by atoms with van der Waals surface area (Å²) in [6.45, 7) is 8.39. The van der Waals surface area contributed by atoms with Crippen LogP contribution < -0.4 is 0 Å². The number of aromatic nitrogens is 2. The van der Waals surface area contributed by atoms with Gasteiger partial charge in [0.05, 0.1) is 5.69 Å². The largest absolute Gasteiger partial charge is 0.273 e. The Morgan fingerprint density at radius 1 is 1.10 bits per heavy atom. The van der Waals surface area contributed by atoms with E-state index in [1.54, 1.807) is 4.68 Å². The average Bonchev–Trinajstić information content (AvgIpc) is 2.76.